The number of carbonyl (C=O) groups excluding carboxylic acids is 1. The molecule has 1 aliphatic heterocycles. The van der Waals surface area contributed by atoms with E-state index in [4.69, 9.17) is 11.6 Å². The van der Waals surface area contributed by atoms with E-state index in [0.717, 1.165) is 6.42 Å². The lowest BCUT2D eigenvalue weighted by Crippen LogP contribution is -2.30. The second-order valence-electron chi connectivity index (χ2n) is 3.87. The predicted molar refractivity (Wildman–Crippen MR) is 59.6 cm³/mol. The van der Waals surface area contributed by atoms with Gasteiger partial charge in [-0.25, -0.2) is 0 Å². The first kappa shape index (κ1) is 13.7. The second kappa shape index (κ2) is 5.82. The molecule has 4 nitrogen and oxygen atoms in total. The normalized spacial score (nSPS) is 21.4. The van der Waals surface area contributed by atoms with Crippen LogP contribution >= 0.6 is 11.6 Å². The minimum atomic E-state index is -4.51. The van der Waals surface area contributed by atoms with Crippen LogP contribution in [0.4, 0.5) is 3.89 Å². The molecule has 0 saturated carbocycles. The Morgan fingerprint density at radius 3 is 2.62 bits per heavy atom. The van der Waals surface area contributed by atoms with E-state index in [1.807, 2.05) is 0 Å². The first-order valence-corrected chi connectivity index (χ1v) is 7.20. The Labute approximate surface area is 100.0 Å². The number of amides is 1. The molecule has 0 radical (unpaired) electrons. The van der Waals surface area contributed by atoms with Crippen LogP contribution in [-0.2, 0) is 15.0 Å². The molecule has 1 aliphatic rings. The minimum Gasteiger partial charge on any atom is -0.341 e. The summed E-state index contributed by atoms with van der Waals surface area (Å²) in [5, 5.41) is -1.04. The van der Waals surface area contributed by atoms with Gasteiger partial charge in [0, 0.05) is 25.4 Å². The third-order valence-electron chi connectivity index (χ3n) is 2.67. The van der Waals surface area contributed by atoms with Crippen molar-refractivity contribution in [2.45, 2.75) is 30.9 Å². The molecule has 0 aliphatic carbocycles. The number of carbonyl (C=O) groups is 1. The molecule has 0 aromatic carbocycles. The van der Waals surface area contributed by atoms with E-state index < -0.39 is 15.5 Å². The van der Waals surface area contributed by atoms with E-state index in [2.05, 4.69) is 0 Å². The maximum absolute atomic E-state index is 12.7. The molecule has 1 heterocycles. The lowest BCUT2D eigenvalue weighted by molar-refractivity contribution is -0.130. The molecule has 1 atom stereocenters. The highest BCUT2D eigenvalue weighted by atomic mass is 35.5. The fourth-order valence-corrected chi connectivity index (χ4v) is 2.65. The predicted octanol–water partition coefficient (Wildman–Crippen LogP) is 1.30. The molecule has 0 N–H and O–H groups in total. The third-order valence-corrected chi connectivity index (χ3v) is 4.12. The molecule has 94 valence electrons. The highest BCUT2D eigenvalue weighted by molar-refractivity contribution is 7.87. The van der Waals surface area contributed by atoms with Crippen molar-refractivity contribution in [3.05, 3.63) is 0 Å². The first-order chi connectivity index (χ1) is 7.45. The Bertz CT molecular complexity index is 347. The molecule has 0 aromatic heterocycles. The van der Waals surface area contributed by atoms with Crippen LogP contribution in [0.3, 0.4) is 0 Å². The lowest BCUT2D eigenvalue weighted by Gasteiger charge is -2.15. The quantitative estimate of drug-likeness (QED) is 0.430. The summed E-state index contributed by atoms with van der Waals surface area (Å²) in [6, 6.07) is 0. The zero-order valence-corrected chi connectivity index (χ0v) is 10.4. The van der Waals surface area contributed by atoms with E-state index in [-0.39, 0.29) is 18.9 Å². The van der Waals surface area contributed by atoms with E-state index in [9.17, 15) is 17.1 Å². The summed E-state index contributed by atoms with van der Waals surface area (Å²) >= 11 is 5.47. The van der Waals surface area contributed by atoms with Crippen molar-refractivity contribution in [3.8, 4) is 0 Å². The van der Waals surface area contributed by atoms with Crippen molar-refractivity contribution in [3.63, 3.8) is 0 Å². The summed E-state index contributed by atoms with van der Waals surface area (Å²) in [5.74, 6) is 0.394. The topological polar surface area (TPSA) is 54.5 Å². The molecule has 0 aromatic rings. The van der Waals surface area contributed by atoms with Crippen molar-refractivity contribution < 1.29 is 17.1 Å². The summed E-state index contributed by atoms with van der Waals surface area (Å²) < 4.78 is 33.9. The number of rotatable bonds is 5. The molecule has 0 bridgehead atoms. The summed E-state index contributed by atoms with van der Waals surface area (Å²) in [4.78, 5) is 13.0. The largest absolute Gasteiger partial charge is 0.341 e. The lowest BCUT2D eigenvalue weighted by atomic mass is 10.2. The van der Waals surface area contributed by atoms with Gasteiger partial charge in [0.2, 0.25) is 5.91 Å². The molecule has 7 heteroatoms. The molecule has 1 amide bonds. The van der Waals surface area contributed by atoms with Crippen LogP contribution in [0.5, 0.6) is 0 Å². The Balaban J connectivity index is 2.38. The van der Waals surface area contributed by atoms with Gasteiger partial charge in [0.1, 0.15) is 5.25 Å². The van der Waals surface area contributed by atoms with E-state index in [0.29, 0.717) is 25.3 Å². The SMILES string of the molecule is O=C(CCCCCl)N1CCC(S(=O)(=O)F)C1. The zero-order valence-electron chi connectivity index (χ0n) is 8.86. The fraction of sp³-hybridized carbons (Fsp3) is 0.889. The maximum Gasteiger partial charge on any atom is 0.307 e. The number of unbranched alkanes of at least 4 members (excludes halogenated alkanes) is 1. The van der Waals surface area contributed by atoms with Gasteiger partial charge in [-0.05, 0) is 19.3 Å². The summed E-state index contributed by atoms with van der Waals surface area (Å²) in [7, 11) is -4.51. The Morgan fingerprint density at radius 1 is 1.44 bits per heavy atom. The van der Waals surface area contributed by atoms with Gasteiger partial charge in [-0.1, -0.05) is 0 Å². The molecule has 1 unspecified atom stereocenters. The molecule has 16 heavy (non-hydrogen) atoms. The molecule has 1 rings (SSSR count). The number of halogens is 2. The van der Waals surface area contributed by atoms with Crippen molar-refractivity contribution >= 4 is 27.7 Å². The highest BCUT2D eigenvalue weighted by Crippen LogP contribution is 2.19. The Morgan fingerprint density at radius 2 is 2.12 bits per heavy atom. The summed E-state index contributed by atoms with van der Waals surface area (Å²) in [5.41, 5.74) is 0. The Kier molecular flexibility index (Phi) is 4.98. The van der Waals surface area contributed by atoms with Crippen molar-refractivity contribution in [2.75, 3.05) is 19.0 Å². The first-order valence-electron chi connectivity index (χ1n) is 5.22. The molecule has 0 spiro atoms. The fourth-order valence-electron chi connectivity index (χ4n) is 1.71. The van der Waals surface area contributed by atoms with Crippen LogP contribution in [0.1, 0.15) is 25.7 Å². The van der Waals surface area contributed by atoms with E-state index in [1.165, 1.54) is 4.90 Å². The highest BCUT2D eigenvalue weighted by Gasteiger charge is 2.34. The third kappa shape index (κ3) is 3.90. The standard InChI is InChI=1S/C9H15ClFNO3S/c10-5-2-1-3-9(13)12-6-4-8(7-12)16(11,14)15/h8H,1-7H2. The number of hydrogen-bond acceptors (Lipinski definition) is 3. The van der Waals surface area contributed by atoms with Crippen molar-refractivity contribution in [1.82, 2.24) is 4.90 Å². The van der Waals surface area contributed by atoms with Gasteiger partial charge < -0.3 is 4.90 Å². The van der Waals surface area contributed by atoms with Gasteiger partial charge in [-0.2, -0.15) is 8.42 Å². The van der Waals surface area contributed by atoms with Crippen molar-refractivity contribution in [1.29, 1.82) is 0 Å². The number of hydrogen-bond donors (Lipinski definition) is 0. The van der Waals surface area contributed by atoms with Gasteiger partial charge in [0.05, 0.1) is 0 Å². The van der Waals surface area contributed by atoms with Crippen LogP contribution in [0.2, 0.25) is 0 Å². The second-order valence-corrected chi connectivity index (χ2v) is 5.87. The van der Waals surface area contributed by atoms with Gasteiger partial charge in [-0.15, -0.1) is 15.5 Å². The molecular weight excluding hydrogens is 257 g/mol. The average Bonchev–Trinajstić information content (AvgIpc) is 2.66. The smallest absolute Gasteiger partial charge is 0.307 e. The van der Waals surface area contributed by atoms with Gasteiger partial charge in [0.15, 0.2) is 0 Å². The van der Waals surface area contributed by atoms with Crippen LogP contribution in [0, 0.1) is 0 Å². The Hall–Kier alpha value is -0.360. The summed E-state index contributed by atoms with van der Waals surface area (Å²) in [6.07, 6.45) is 1.99. The monoisotopic (exact) mass is 271 g/mol. The minimum absolute atomic E-state index is 0.0153. The van der Waals surface area contributed by atoms with Crippen molar-refractivity contribution in [2.24, 2.45) is 0 Å². The van der Waals surface area contributed by atoms with Crippen LogP contribution < -0.4 is 0 Å². The van der Waals surface area contributed by atoms with Gasteiger partial charge >= 0.3 is 10.2 Å². The zero-order chi connectivity index (χ0) is 12.2. The molecule has 1 saturated heterocycles. The average molecular weight is 272 g/mol. The summed E-state index contributed by atoms with van der Waals surface area (Å²) in [6.45, 7) is 0.312. The van der Waals surface area contributed by atoms with E-state index in [1.54, 1.807) is 0 Å². The molecule has 1 fully saturated rings. The van der Waals surface area contributed by atoms with Crippen LogP contribution in [0.15, 0.2) is 0 Å². The van der Waals surface area contributed by atoms with E-state index >= 15 is 0 Å². The van der Waals surface area contributed by atoms with Gasteiger partial charge in [0.25, 0.3) is 0 Å². The van der Waals surface area contributed by atoms with Crippen LogP contribution in [-0.4, -0.2) is 43.4 Å². The molecular formula is C9H15ClFNO3S. The van der Waals surface area contributed by atoms with Crippen LogP contribution in [0.25, 0.3) is 0 Å². The number of likely N-dealkylation sites (tertiary alicyclic amines) is 1. The number of nitrogens with zero attached hydrogens (tertiary/aromatic N) is 1. The number of alkyl halides is 1. The maximum atomic E-state index is 12.7. The van der Waals surface area contributed by atoms with Gasteiger partial charge in [-0.3, -0.25) is 4.79 Å².